The fourth-order valence-corrected chi connectivity index (χ4v) is 3.26. The third-order valence-electron chi connectivity index (χ3n) is 3.15. The van der Waals surface area contributed by atoms with Gasteiger partial charge in [0, 0.05) is 0 Å². The van der Waals surface area contributed by atoms with Gasteiger partial charge in [0.25, 0.3) is 0 Å². The number of thioether (sulfide) groups is 1. The Bertz CT molecular complexity index is 399. The third-order valence-corrected chi connectivity index (χ3v) is 4.20. The highest BCUT2D eigenvalue weighted by molar-refractivity contribution is 7.99. The van der Waals surface area contributed by atoms with E-state index >= 15 is 0 Å². The number of benzene rings is 1. The van der Waals surface area contributed by atoms with Gasteiger partial charge in [0.05, 0.1) is 0 Å². The molecule has 17 heavy (non-hydrogen) atoms. The summed E-state index contributed by atoms with van der Waals surface area (Å²) in [6.07, 6.45) is 0.863. The fourth-order valence-electron chi connectivity index (χ4n) is 2.16. The van der Waals surface area contributed by atoms with Crippen molar-refractivity contribution in [1.82, 2.24) is 0 Å². The van der Waals surface area contributed by atoms with E-state index in [2.05, 4.69) is 0 Å². The molecule has 0 radical (unpaired) electrons. The third kappa shape index (κ3) is 3.01. The molecule has 1 heterocycles. The maximum atomic E-state index is 10.7. The minimum Gasteiger partial charge on any atom is -0.479 e. The van der Waals surface area contributed by atoms with Gasteiger partial charge in [0.1, 0.15) is 0 Å². The van der Waals surface area contributed by atoms with Crippen molar-refractivity contribution in [3.05, 3.63) is 35.4 Å². The molecule has 0 bridgehead atoms. The molecular formula is C13H16O3S. The van der Waals surface area contributed by atoms with Crippen LogP contribution in [0.4, 0.5) is 0 Å². The van der Waals surface area contributed by atoms with E-state index in [1.54, 1.807) is 6.07 Å². The molecule has 2 rings (SSSR count). The molecule has 1 aliphatic rings. The van der Waals surface area contributed by atoms with Crippen LogP contribution in [0.5, 0.6) is 0 Å². The van der Waals surface area contributed by atoms with Gasteiger partial charge in [0.15, 0.2) is 6.10 Å². The van der Waals surface area contributed by atoms with Crippen molar-refractivity contribution in [3.63, 3.8) is 0 Å². The second-order valence-electron chi connectivity index (χ2n) is 4.30. The summed E-state index contributed by atoms with van der Waals surface area (Å²) in [5.41, 5.74) is 1.64. The minimum absolute atomic E-state index is 0.480. The van der Waals surface area contributed by atoms with Crippen LogP contribution < -0.4 is 0 Å². The van der Waals surface area contributed by atoms with Crippen molar-refractivity contribution in [1.29, 1.82) is 0 Å². The Morgan fingerprint density at radius 3 is 2.71 bits per heavy atom. The number of carboxylic acids is 1. The lowest BCUT2D eigenvalue weighted by atomic mass is 9.91. The van der Waals surface area contributed by atoms with Gasteiger partial charge < -0.3 is 10.2 Å². The highest BCUT2D eigenvalue weighted by Gasteiger charge is 2.19. The molecule has 1 fully saturated rings. The highest BCUT2D eigenvalue weighted by atomic mass is 32.2. The molecule has 0 saturated carbocycles. The standard InChI is InChI=1S/C13H16O3S/c14-12(13(15)16)11-3-1-2-10(8-11)9-4-6-17-7-5-9/h1-3,8-9,12,14H,4-7H2,(H,15,16). The summed E-state index contributed by atoms with van der Waals surface area (Å²) in [5, 5.41) is 18.3. The van der Waals surface area contributed by atoms with E-state index in [-0.39, 0.29) is 0 Å². The SMILES string of the molecule is O=C(O)C(O)c1cccc(C2CCSCC2)c1. The maximum Gasteiger partial charge on any atom is 0.337 e. The lowest BCUT2D eigenvalue weighted by molar-refractivity contribution is -0.146. The molecule has 1 aromatic carbocycles. The first-order chi connectivity index (χ1) is 8.18. The van der Waals surface area contributed by atoms with Crippen molar-refractivity contribution >= 4 is 17.7 Å². The molecule has 0 amide bonds. The monoisotopic (exact) mass is 252 g/mol. The Morgan fingerprint density at radius 1 is 1.35 bits per heavy atom. The largest absolute Gasteiger partial charge is 0.479 e. The van der Waals surface area contributed by atoms with E-state index in [0.717, 1.165) is 29.9 Å². The molecule has 1 unspecified atom stereocenters. The Balaban J connectivity index is 2.18. The van der Waals surface area contributed by atoms with Gasteiger partial charge in [-0.1, -0.05) is 24.3 Å². The molecule has 2 N–H and O–H groups in total. The second-order valence-corrected chi connectivity index (χ2v) is 5.52. The van der Waals surface area contributed by atoms with Crippen LogP contribution in [0.25, 0.3) is 0 Å². The number of aliphatic carboxylic acids is 1. The molecule has 1 atom stereocenters. The second kappa shape index (κ2) is 5.56. The fraction of sp³-hybridized carbons (Fsp3) is 0.462. The molecule has 92 valence electrons. The summed E-state index contributed by atoms with van der Waals surface area (Å²) in [6, 6.07) is 7.36. The predicted octanol–water partition coefficient (Wildman–Crippen LogP) is 2.42. The van der Waals surface area contributed by atoms with Gasteiger partial charge in [0.2, 0.25) is 0 Å². The van der Waals surface area contributed by atoms with Gasteiger partial charge in [-0.2, -0.15) is 11.8 Å². The predicted molar refractivity (Wildman–Crippen MR) is 68.3 cm³/mol. The van der Waals surface area contributed by atoms with Crippen molar-refractivity contribution in [2.45, 2.75) is 24.9 Å². The van der Waals surface area contributed by atoms with Crippen LogP contribution in [0.15, 0.2) is 24.3 Å². The average molecular weight is 252 g/mol. The molecule has 4 heteroatoms. The topological polar surface area (TPSA) is 57.5 Å². The minimum atomic E-state index is -1.41. The van der Waals surface area contributed by atoms with Crippen molar-refractivity contribution in [3.8, 4) is 0 Å². The van der Waals surface area contributed by atoms with Crippen LogP contribution in [0.1, 0.15) is 36.0 Å². The number of rotatable bonds is 3. The van der Waals surface area contributed by atoms with Crippen LogP contribution in [0.3, 0.4) is 0 Å². The summed E-state index contributed by atoms with van der Waals surface area (Å²) in [7, 11) is 0. The Hall–Kier alpha value is -1.00. The first kappa shape index (κ1) is 12.5. The van der Waals surface area contributed by atoms with Gasteiger partial charge in [-0.3, -0.25) is 0 Å². The molecule has 1 aliphatic heterocycles. The summed E-state index contributed by atoms with van der Waals surface area (Å²) in [6.45, 7) is 0. The smallest absolute Gasteiger partial charge is 0.337 e. The van der Waals surface area contributed by atoms with Gasteiger partial charge >= 0.3 is 5.97 Å². The van der Waals surface area contributed by atoms with Crippen molar-refractivity contribution in [2.75, 3.05) is 11.5 Å². The molecule has 0 aromatic heterocycles. The quantitative estimate of drug-likeness (QED) is 0.867. The molecule has 3 nitrogen and oxygen atoms in total. The van der Waals surface area contributed by atoms with E-state index in [1.807, 2.05) is 30.0 Å². The first-order valence-electron chi connectivity index (χ1n) is 5.77. The number of hydrogen-bond donors (Lipinski definition) is 2. The first-order valence-corrected chi connectivity index (χ1v) is 6.92. The molecule has 1 aromatic rings. The lowest BCUT2D eigenvalue weighted by Crippen LogP contribution is -2.12. The van der Waals surface area contributed by atoms with Crippen LogP contribution in [-0.4, -0.2) is 27.7 Å². The maximum absolute atomic E-state index is 10.7. The van der Waals surface area contributed by atoms with Crippen LogP contribution >= 0.6 is 11.8 Å². The zero-order valence-corrected chi connectivity index (χ0v) is 10.3. The van der Waals surface area contributed by atoms with Gasteiger partial charge in [-0.15, -0.1) is 0 Å². The zero-order valence-electron chi connectivity index (χ0n) is 9.50. The molecular weight excluding hydrogens is 236 g/mol. The van der Waals surface area contributed by atoms with E-state index in [0.29, 0.717) is 11.5 Å². The average Bonchev–Trinajstić information content (AvgIpc) is 2.39. The number of carbonyl (C=O) groups is 1. The Labute approximate surface area is 105 Å². The lowest BCUT2D eigenvalue weighted by Gasteiger charge is -2.22. The van der Waals surface area contributed by atoms with E-state index in [1.165, 1.54) is 0 Å². The van der Waals surface area contributed by atoms with Crippen LogP contribution in [-0.2, 0) is 4.79 Å². The van der Waals surface area contributed by atoms with Crippen LogP contribution in [0, 0.1) is 0 Å². The van der Waals surface area contributed by atoms with Gasteiger partial charge in [-0.25, -0.2) is 4.79 Å². The van der Waals surface area contributed by atoms with Crippen LogP contribution in [0.2, 0.25) is 0 Å². The number of carboxylic acid groups (broad SMARTS) is 1. The normalized spacial score (nSPS) is 18.9. The highest BCUT2D eigenvalue weighted by Crippen LogP contribution is 2.32. The van der Waals surface area contributed by atoms with E-state index in [9.17, 15) is 9.90 Å². The summed E-state index contributed by atoms with van der Waals surface area (Å²) in [4.78, 5) is 10.7. The number of aliphatic hydroxyl groups is 1. The molecule has 0 spiro atoms. The van der Waals surface area contributed by atoms with Crippen molar-refractivity contribution in [2.24, 2.45) is 0 Å². The number of hydrogen-bond acceptors (Lipinski definition) is 3. The Morgan fingerprint density at radius 2 is 2.06 bits per heavy atom. The van der Waals surface area contributed by atoms with Crippen molar-refractivity contribution < 1.29 is 15.0 Å². The molecule has 1 saturated heterocycles. The summed E-state index contributed by atoms with van der Waals surface area (Å²) < 4.78 is 0. The number of aliphatic hydroxyl groups excluding tert-OH is 1. The van der Waals surface area contributed by atoms with E-state index in [4.69, 9.17) is 5.11 Å². The summed E-state index contributed by atoms with van der Waals surface area (Å²) in [5.74, 6) is 1.64. The van der Waals surface area contributed by atoms with E-state index < -0.39 is 12.1 Å². The van der Waals surface area contributed by atoms with Gasteiger partial charge in [-0.05, 0) is 41.4 Å². The zero-order chi connectivity index (χ0) is 12.3. The molecule has 0 aliphatic carbocycles. The Kier molecular flexibility index (Phi) is 4.07. The summed E-state index contributed by atoms with van der Waals surface area (Å²) >= 11 is 1.97.